The molecular weight excluding hydrogens is 314 g/mol. The van der Waals surface area contributed by atoms with Crippen molar-refractivity contribution in [3.8, 4) is 0 Å². The van der Waals surface area contributed by atoms with E-state index in [9.17, 15) is 9.59 Å². The van der Waals surface area contributed by atoms with E-state index in [1.54, 1.807) is 7.05 Å². The third kappa shape index (κ3) is 5.05. The molecule has 1 aromatic carbocycles. The van der Waals surface area contributed by atoms with Gasteiger partial charge < -0.3 is 10.2 Å². The second kappa shape index (κ2) is 8.48. The number of hydrogen-bond acceptors (Lipinski definition) is 3. The molecule has 0 spiro atoms. The van der Waals surface area contributed by atoms with Gasteiger partial charge in [0, 0.05) is 32.2 Å². The van der Waals surface area contributed by atoms with Gasteiger partial charge in [-0.05, 0) is 49.9 Å². The van der Waals surface area contributed by atoms with Crippen LogP contribution in [0.5, 0.6) is 0 Å². The van der Waals surface area contributed by atoms with Crippen LogP contribution in [0.1, 0.15) is 43.1 Å². The van der Waals surface area contributed by atoms with E-state index in [1.807, 2.05) is 43.1 Å². The Balaban J connectivity index is 1.96. The van der Waals surface area contributed by atoms with E-state index in [1.165, 1.54) is 6.42 Å². The molecule has 1 saturated heterocycles. The van der Waals surface area contributed by atoms with E-state index in [-0.39, 0.29) is 17.9 Å². The summed E-state index contributed by atoms with van der Waals surface area (Å²) in [6.07, 6.45) is 1.20. The summed E-state index contributed by atoms with van der Waals surface area (Å²) in [5, 5.41) is 2.62. The fourth-order valence-corrected chi connectivity index (χ4v) is 3.63. The molecule has 5 heteroatoms. The first-order valence-corrected chi connectivity index (χ1v) is 9.11. The van der Waals surface area contributed by atoms with E-state index in [4.69, 9.17) is 0 Å². The summed E-state index contributed by atoms with van der Waals surface area (Å²) in [4.78, 5) is 28.5. The van der Waals surface area contributed by atoms with Crippen LogP contribution in [0.2, 0.25) is 0 Å². The molecule has 0 saturated carbocycles. The molecule has 0 unspecified atom stereocenters. The standard InChI is InChI=1S/C20H31N3O2/c1-14-10-15(2)12-23(11-14)20(25)16(3)22(5)13-17-6-8-18(9-7-17)19(24)21-4/h6-9,14-16H,10-13H2,1-5H3,(H,21,24)/t14-,15-,16+/m0/s1. The lowest BCUT2D eigenvalue weighted by Gasteiger charge is -2.38. The van der Waals surface area contributed by atoms with Gasteiger partial charge in [0.05, 0.1) is 6.04 Å². The molecule has 1 aromatic rings. The predicted octanol–water partition coefficient (Wildman–Crippen LogP) is 2.37. The van der Waals surface area contributed by atoms with Gasteiger partial charge in [-0.2, -0.15) is 0 Å². The van der Waals surface area contributed by atoms with Crippen molar-refractivity contribution in [2.75, 3.05) is 27.2 Å². The molecule has 0 aromatic heterocycles. The van der Waals surface area contributed by atoms with Gasteiger partial charge in [0.1, 0.15) is 0 Å². The molecule has 0 aliphatic carbocycles. The molecule has 3 atom stereocenters. The number of benzene rings is 1. The highest BCUT2D eigenvalue weighted by Crippen LogP contribution is 2.22. The maximum absolute atomic E-state index is 12.8. The SMILES string of the molecule is CNC(=O)c1ccc(CN(C)[C@H](C)C(=O)N2C[C@@H](C)C[C@H](C)C2)cc1. The Hall–Kier alpha value is -1.88. The van der Waals surface area contributed by atoms with Crippen LogP contribution in [-0.2, 0) is 11.3 Å². The summed E-state index contributed by atoms with van der Waals surface area (Å²) in [6.45, 7) is 8.83. The molecule has 2 amide bonds. The number of amides is 2. The summed E-state index contributed by atoms with van der Waals surface area (Å²) in [5.41, 5.74) is 1.74. The largest absolute Gasteiger partial charge is 0.355 e. The van der Waals surface area contributed by atoms with Crippen molar-refractivity contribution in [2.24, 2.45) is 11.8 Å². The zero-order valence-electron chi connectivity index (χ0n) is 16.1. The average Bonchev–Trinajstić information content (AvgIpc) is 2.59. The number of nitrogens with one attached hydrogen (secondary N) is 1. The summed E-state index contributed by atoms with van der Waals surface area (Å²) in [7, 11) is 3.60. The number of carbonyl (C=O) groups excluding carboxylic acids is 2. The van der Waals surface area contributed by atoms with Gasteiger partial charge in [0.2, 0.25) is 5.91 Å². The van der Waals surface area contributed by atoms with Crippen LogP contribution in [0.15, 0.2) is 24.3 Å². The first-order chi connectivity index (χ1) is 11.8. The Kier molecular flexibility index (Phi) is 6.59. The minimum atomic E-state index is -0.156. The van der Waals surface area contributed by atoms with Crippen LogP contribution in [0.3, 0.4) is 0 Å². The van der Waals surface area contributed by atoms with Crippen molar-refractivity contribution < 1.29 is 9.59 Å². The van der Waals surface area contributed by atoms with Gasteiger partial charge in [-0.15, -0.1) is 0 Å². The maximum atomic E-state index is 12.8. The molecular formula is C20H31N3O2. The van der Waals surface area contributed by atoms with Crippen LogP contribution >= 0.6 is 0 Å². The summed E-state index contributed by atoms with van der Waals surface area (Å²) >= 11 is 0. The second-order valence-corrected chi connectivity index (χ2v) is 7.56. The number of rotatable bonds is 5. The third-order valence-electron chi connectivity index (χ3n) is 5.07. The molecule has 1 heterocycles. The zero-order valence-corrected chi connectivity index (χ0v) is 16.1. The Labute approximate surface area is 151 Å². The lowest BCUT2D eigenvalue weighted by Crippen LogP contribution is -2.50. The highest BCUT2D eigenvalue weighted by Gasteiger charge is 2.29. The average molecular weight is 345 g/mol. The molecule has 1 aliphatic rings. The van der Waals surface area contributed by atoms with Crippen LogP contribution < -0.4 is 5.32 Å². The molecule has 25 heavy (non-hydrogen) atoms. The minimum Gasteiger partial charge on any atom is -0.355 e. The molecule has 5 nitrogen and oxygen atoms in total. The Morgan fingerprint density at radius 1 is 1.20 bits per heavy atom. The number of piperidine rings is 1. The lowest BCUT2D eigenvalue weighted by atomic mass is 9.91. The smallest absolute Gasteiger partial charge is 0.251 e. The highest BCUT2D eigenvalue weighted by atomic mass is 16.2. The van der Waals surface area contributed by atoms with Gasteiger partial charge in [-0.1, -0.05) is 26.0 Å². The molecule has 2 rings (SSSR count). The summed E-state index contributed by atoms with van der Waals surface area (Å²) in [6, 6.07) is 7.38. The Bertz CT molecular complexity index is 589. The van der Waals surface area contributed by atoms with E-state index >= 15 is 0 Å². The van der Waals surface area contributed by atoms with Crippen LogP contribution in [0.4, 0.5) is 0 Å². The lowest BCUT2D eigenvalue weighted by molar-refractivity contribution is -0.138. The maximum Gasteiger partial charge on any atom is 0.251 e. The molecule has 1 N–H and O–H groups in total. The second-order valence-electron chi connectivity index (χ2n) is 7.56. The molecule has 138 valence electrons. The Morgan fingerprint density at radius 2 is 1.76 bits per heavy atom. The minimum absolute atomic E-state index is 0.0863. The van der Waals surface area contributed by atoms with Gasteiger partial charge in [-0.3, -0.25) is 14.5 Å². The van der Waals surface area contributed by atoms with Crippen molar-refractivity contribution in [2.45, 2.75) is 39.8 Å². The van der Waals surface area contributed by atoms with Gasteiger partial charge in [-0.25, -0.2) is 0 Å². The van der Waals surface area contributed by atoms with Crippen molar-refractivity contribution in [1.29, 1.82) is 0 Å². The predicted molar refractivity (Wildman–Crippen MR) is 100 cm³/mol. The molecule has 0 radical (unpaired) electrons. The van der Waals surface area contributed by atoms with Crippen LogP contribution in [0, 0.1) is 11.8 Å². The monoisotopic (exact) mass is 345 g/mol. The van der Waals surface area contributed by atoms with Crippen LogP contribution in [0.25, 0.3) is 0 Å². The van der Waals surface area contributed by atoms with E-state index < -0.39 is 0 Å². The quantitative estimate of drug-likeness (QED) is 0.891. The van der Waals surface area contributed by atoms with Gasteiger partial charge in [0.15, 0.2) is 0 Å². The fraction of sp³-hybridized carbons (Fsp3) is 0.600. The van der Waals surface area contributed by atoms with Gasteiger partial charge >= 0.3 is 0 Å². The normalized spacial score (nSPS) is 21.9. The fourth-order valence-electron chi connectivity index (χ4n) is 3.63. The topological polar surface area (TPSA) is 52.7 Å². The van der Waals surface area contributed by atoms with Gasteiger partial charge in [0.25, 0.3) is 5.91 Å². The third-order valence-corrected chi connectivity index (χ3v) is 5.07. The van der Waals surface area contributed by atoms with Crippen LogP contribution in [-0.4, -0.2) is 54.8 Å². The van der Waals surface area contributed by atoms with Crippen molar-refractivity contribution >= 4 is 11.8 Å². The molecule has 1 aliphatic heterocycles. The first-order valence-electron chi connectivity index (χ1n) is 9.11. The highest BCUT2D eigenvalue weighted by molar-refractivity contribution is 5.93. The zero-order chi connectivity index (χ0) is 18.6. The van der Waals surface area contributed by atoms with Crippen molar-refractivity contribution in [3.05, 3.63) is 35.4 Å². The molecule has 1 fully saturated rings. The molecule has 0 bridgehead atoms. The van der Waals surface area contributed by atoms with Crippen molar-refractivity contribution in [1.82, 2.24) is 15.1 Å². The Morgan fingerprint density at radius 3 is 2.28 bits per heavy atom. The van der Waals surface area contributed by atoms with E-state index in [0.29, 0.717) is 23.9 Å². The number of likely N-dealkylation sites (N-methyl/N-ethyl adjacent to an activating group) is 1. The number of likely N-dealkylation sites (tertiary alicyclic amines) is 1. The summed E-state index contributed by atoms with van der Waals surface area (Å²) < 4.78 is 0. The van der Waals surface area contributed by atoms with E-state index in [2.05, 4.69) is 24.1 Å². The number of carbonyl (C=O) groups is 2. The number of hydrogen-bond donors (Lipinski definition) is 1. The number of nitrogens with zero attached hydrogens (tertiary/aromatic N) is 2. The van der Waals surface area contributed by atoms with E-state index in [0.717, 1.165) is 18.7 Å². The van der Waals surface area contributed by atoms with Crippen molar-refractivity contribution in [3.63, 3.8) is 0 Å². The first kappa shape index (κ1) is 19.4. The summed E-state index contributed by atoms with van der Waals surface area (Å²) in [5.74, 6) is 1.27.